The van der Waals surface area contributed by atoms with Crippen molar-refractivity contribution in [2.45, 2.75) is 48.8 Å². The number of rotatable bonds is 12. The lowest BCUT2D eigenvalue weighted by atomic mass is 10.2. The van der Waals surface area contributed by atoms with Crippen LogP contribution in [0.5, 0.6) is 0 Å². The lowest BCUT2D eigenvalue weighted by Gasteiger charge is -2.38. The van der Waals surface area contributed by atoms with E-state index in [0.717, 1.165) is 0 Å². The van der Waals surface area contributed by atoms with Crippen molar-refractivity contribution >= 4 is 47.8 Å². The van der Waals surface area contributed by atoms with Crippen molar-refractivity contribution < 1.29 is 145 Å². The molecule has 0 amide bonds. The molecule has 0 aliphatic carbocycles. The Kier molecular flexibility index (Phi) is 28.1. The summed E-state index contributed by atoms with van der Waals surface area (Å²) in [5.74, 6) is -15.6. The molecule has 0 saturated carbocycles. The summed E-state index contributed by atoms with van der Waals surface area (Å²) in [6.45, 7) is 25.6. The van der Waals surface area contributed by atoms with Gasteiger partial charge in [-0.2, -0.15) is 0 Å². The van der Waals surface area contributed by atoms with Gasteiger partial charge in [-0.25, -0.2) is 14.4 Å². The molecule has 0 unspecified atom stereocenters. The number of carboxylic acid groups (broad SMARTS) is 8. The quantitative estimate of drug-likeness (QED) is 0.0864. The molecule has 9 aliphatic heterocycles. The van der Waals surface area contributed by atoms with Crippen molar-refractivity contribution in [3.63, 3.8) is 0 Å². The Hall–Kier alpha value is -4.80. The molecule has 64 heavy (non-hydrogen) atoms. The van der Waals surface area contributed by atoms with E-state index in [2.05, 4.69) is 4.90 Å². The molecule has 30 nitrogen and oxygen atoms in total. The van der Waals surface area contributed by atoms with Gasteiger partial charge in [0.15, 0.2) is 18.3 Å². The number of piperazine rings is 9. The highest BCUT2D eigenvalue weighted by molar-refractivity contribution is 5.83. The van der Waals surface area contributed by atoms with Gasteiger partial charge in [0.1, 0.15) is 109 Å². The smallest absolute Gasteiger partial charge is 0.335 e. The third-order valence-electron chi connectivity index (χ3n) is 10.5. The molecule has 9 saturated heterocycles. The Balaban J connectivity index is 0.000000724. The van der Waals surface area contributed by atoms with Crippen molar-refractivity contribution in [3.8, 4) is 0 Å². The van der Waals surface area contributed by atoms with Crippen molar-refractivity contribution in [2.75, 3.05) is 118 Å². The number of nitrogens with zero attached hydrogens (tertiary/aromatic N) is 1. The summed E-state index contributed by atoms with van der Waals surface area (Å²) < 4.78 is 0. The number of fused-ring (bicyclic) bond motifs is 9. The first kappa shape index (κ1) is 59.2. The second kappa shape index (κ2) is 30.4. The number of hydrogen-bond donors (Lipinski definition) is 16. The van der Waals surface area contributed by atoms with Crippen LogP contribution in [-0.2, 0) is 38.4 Å². The summed E-state index contributed by atoms with van der Waals surface area (Å²) in [4.78, 5) is 89.3. The van der Waals surface area contributed by atoms with Gasteiger partial charge in [0, 0.05) is 19.6 Å². The van der Waals surface area contributed by atoms with Crippen LogP contribution in [0.15, 0.2) is 0 Å². The molecule has 0 aromatic heterocycles. The average Bonchev–Trinajstić information content (AvgIpc) is 3.29. The second-order valence-electron chi connectivity index (χ2n) is 15.0. The van der Waals surface area contributed by atoms with Gasteiger partial charge < -0.3 is 130 Å². The minimum absolute atomic E-state index is 1.36. The van der Waals surface area contributed by atoms with Gasteiger partial charge in [-0.3, -0.25) is 4.90 Å². The van der Waals surface area contributed by atoms with Crippen LogP contribution in [0.4, 0.5) is 0 Å². The van der Waals surface area contributed by atoms with Crippen molar-refractivity contribution in [1.82, 2.24) is 4.90 Å². The Labute approximate surface area is 363 Å². The third kappa shape index (κ3) is 23.2. The monoisotopic (exact) mass is 936 g/mol. The first-order chi connectivity index (χ1) is 29.7. The zero-order valence-corrected chi connectivity index (χ0v) is 34.5. The molecule has 9 rings (SSSR count). The summed E-state index contributed by atoms with van der Waals surface area (Å²) in [5, 5.41) is 138. The van der Waals surface area contributed by atoms with Crippen molar-refractivity contribution in [1.29, 1.82) is 0 Å². The molecule has 16 N–H and O–H groups in total. The largest absolute Gasteiger partial charge is 0.547 e. The molecule has 0 aromatic carbocycles. The van der Waals surface area contributed by atoms with Gasteiger partial charge in [-0.15, -0.1) is 0 Å². The topological polar surface area (TPSA) is 500 Å². The van der Waals surface area contributed by atoms with E-state index in [4.69, 9.17) is 56.2 Å². The average molecular weight is 937 g/mol. The molecule has 9 heterocycles. The van der Waals surface area contributed by atoms with Crippen LogP contribution in [0.25, 0.3) is 0 Å². The molecule has 30 heteroatoms. The van der Waals surface area contributed by atoms with Gasteiger partial charge in [0.25, 0.3) is 0 Å². The van der Waals surface area contributed by atoms with E-state index in [9.17, 15) is 63.9 Å². The number of nitrogens with one attached hydrogen (secondary N) is 5. The van der Waals surface area contributed by atoms with Crippen LogP contribution in [0.3, 0.4) is 0 Å². The Bertz CT molecular complexity index is 1150. The Morgan fingerprint density at radius 2 is 0.438 bits per heavy atom. The van der Waals surface area contributed by atoms with E-state index in [-0.39, 0.29) is 0 Å². The highest BCUT2D eigenvalue weighted by Gasteiger charge is 2.31. The summed E-state index contributed by atoms with van der Waals surface area (Å²) in [7, 11) is 0. The Morgan fingerprint density at radius 1 is 0.297 bits per heavy atom. The van der Waals surface area contributed by atoms with Gasteiger partial charge in [-0.05, 0) is 0 Å². The minimum Gasteiger partial charge on any atom is -0.547 e. The number of carboxylic acids is 8. The fraction of sp³-hybridized carbons (Fsp3) is 0.765. The minimum atomic E-state index is -2.44. The van der Waals surface area contributed by atoms with Gasteiger partial charge >= 0.3 is 17.9 Å². The summed E-state index contributed by atoms with van der Waals surface area (Å²) in [6.07, 6.45) is -19.0. The predicted octanol–water partition coefficient (Wildman–Crippen LogP) is -23.4. The van der Waals surface area contributed by atoms with E-state index in [1.807, 2.05) is 24.5 Å². The maximum Gasteiger partial charge on any atom is 0.335 e. The normalized spacial score (nSPS) is 26.8. The molecule has 9 fully saturated rings. The molecule has 6 bridgehead atoms. The zero-order valence-electron chi connectivity index (χ0n) is 34.5. The van der Waals surface area contributed by atoms with Crippen LogP contribution in [0, 0.1) is 0 Å². The number of hydrogen-bond acceptors (Lipinski definition) is 22. The number of carbonyl (C=O) groups excluding carboxylic acids is 5. The van der Waals surface area contributed by atoms with E-state index in [1.165, 1.54) is 118 Å². The van der Waals surface area contributed by atoms with Crippen molar-refractivity contribution in [3.05, 3.63) is 0 Å². The lowest BCUT2D eigenvalue weighted by Crippen LogP contribution is -3.35. The maximum absolute atomic E-state index is 9.74. The highest BCUT2D eigenvalue weighted by atomic mass is 16.5. The number of aliphatic hydroxyl groups excluding tert-OH is 8. The van der Waals surface area contributed by atoms with Gasteiger partial charge in [-0.1, -0.05) is 0 Å². The number of aliphatic carboxylic acids is 8. The van der Waals surface area contributed by atoms with Crippen LogP contribution in [0.2, 0.25) is 0 Å². The maximum atomic E-state index is 9.74. The van der Waals surface area contributed by atoms with E-state index in [1.54, 1.807) is 0 Å². The van der Waals surface area contributed by atoms with E-state index < -0.39 is 96.6 Å². The number of carbonyl (C=O) groups is 8. The second-order valence-corrected chi connectivity index (χ2v) is 15.0. The number of aliphatic hydroxyl groups is 8. The lowest BCUT2D eigenvalue weighted by molar-refractivity contribution is -1.06. The van der Waals surface area contributed by atoms with Gasteiger partial charge in [0.2, 0.25) is 0 Å². The Morgan fingerprint density at radius 3 is 0.500 bits per heavy atom. The summed E-state index contributed by atoms with van der Waals surface area (Å²) in [5.41, 5.74) is 0. The standard InChI is InChI=1S/3C6H12N2.4C4H6O6/c3*1-2-8-5-3-7(1)4-6-8;4*5-1(3(7)8)2(6)4(9)10/h3*1-6H2;4*1-2,5-6H,(H,7,8)(H,9,10)/t;;;4*1-,2-/m...1111/s1. The molecule has 0 radical (unpaired) electrons. The van der Waals surface area contributed by atoms with Crippen molar-refractivity contribution in [2.24, 2.45) is 0 Å². The first-order valence-corrected chi connectivity index (χ1v) is 19.8. The van der Waals surface area contributed by atoms with Gasteiger partial charge in [0.05, 0.1) is 49.5 Å². The third-order valence-corrected chi connectivity index (χ3v) is 10.5. The van der Waals surface area contributed by atoms with Crippen LogP contribution in [-0.4, -0.2) is 275 Å². The SMILES string of the molecule is C1C[NH+]2CCN1CC2.C1C[NH+]2CC[NH+]1CC2.C1C[NH+]2CC[NH+]1CC2.O=C([O-])[C@H](O)[C@@H](O)C(=O)O.O=C([O-])[C@H](O)[C@@H](O)C(=O)O.O=C([O-])[C@H](O)[C@@H](O)C(=O)O.O=C([O-])[C@H](O)[C@@H](O)C(=O)[O-]. The molecule has 0 aromatic rings. The molecular formula is C34H60N6O24. The van der Waals surface area contributed by atoms with E-state index in [0.29, 0.717) is 0 Å². The fourth-order valence-corrected chi connectivity index (χ4v) is 6.33. The summed E-state index contributed by atoms with van der Waals surface area (Å²) in [6, 6.07) is 0. The zero-order chi connectivity index (χ0) is 49.4. The molecule has 9 aliphatic rings. The molecular weight excluding hydrogens is 876 g/mol. The molecule has 0 spiro atoms. The highest BCUT2D eigenvalue weighted by Crippen LogP contribution is 1.93. The van der Waals surface area contributed by atoms with Crippen LogP contribution < -0.4 is 50.0 Å². The predicted molar refractivity (Wildman–Crippen MR) is 190 cm³/mol. The van der Waals surface area contributed by atoms with Crippen LogP contribution in [0.1, 0.15) is 0 Å². The number of quaternary nitrogens is 5. The first-order valence-electron chi connectivity index (χ1n) is 19.8. The fourth-order valence-electron chi connectivity index (χ4n) is 6.33. The van der Waals surface area contributed by atoms with E-state index >= 15 is 0 Å². The molecule has 8 atom stereocenters. The van der Waals surface area contributed by atoms with Crippen LogP contribution >= 0.6 is 0 Å². The summed E-state index contributed by atoms with van der Waals surface area (Å²) >= 11 is 0. The molecule has 370 valence electrons.